The van der Waals surface area contributed by atoms with E-state index in [0.29, 0.717) is 36.2 Å². The second kappa shape index (κ2) is 7.50. The quantitative estimate of drug-likeness (QED) is 0.622. The lowest BCUT2D eigenvalue weighted by Gasteiger charge is -2.59. The first-order valence-corrected chi connectivity index (χ1v) is 11.9. The lowest BCUT2D eigenvalue weighted by Crippen LogP contribution is -2.59. The van der Waals surface area contributed by atoms with Gasteiger partial charge in [-0.3, -0.25) is 14.4 Å². The van der Waals surface area contributed by atoms with Crippen molar-refractivity contribution in [3.05, 3.63) is 0 Å². The Morgan fingerprint density at radius 1 is 1.10 bits per heavy atom. The maximum Gasteiger partial charge on any atom is 0.305 e. The molecule has 162 valence electrons. The van der Waals surface area contributed by atoms with Crippen LogP contribution in [0.4, 0.5) is 0 Å². The van der Waals surface area contributed by atoms with Crippen molar-refractivity contribution in [1.82, 2.24) is 0 Å². The molecule has 0 amide bonds. The van der Waals surface area contributed by atoms with Crippen LogP contribution in [0.15, 0.2) is 0 Å². The molecule has 0 aromatic carbocycles. The first kappa shape index (κ1) is 21.1. The van der Waals surface area contributed by atoms with Crippen LogP contribution in [0.3, 0.4) is 0 Å². The largest absolute Gasteiger partial charge is 0.469 e. The molecule has 0 aromatic rings. The number of ketones is 2. The van der Waals surface area contributed by atoms with Crippen molar-refractivity contribution >= 4 is 17.5 Å². The third-order valence-corrected chi connectivity index (χ3v) is 10.0. The Morgan fingerprint density at radius 2 is 1.86 bits per heavy atom. The number of methoxy groups -OCH3 is 1. The Morgan fingerprint density at radius 3 is 2.59 bits per heavy atom. The molecule has 0 aromatic heterocycles. The standard InChI is InChI=1S/C25H38O4/c1-15(8-11-22(28)29-4)17-9-10-18-23-19(14-21(27)25(17,18)3)24(2)12-6-5-7-16(24)13-20(23)26/h15-19,23H,5-14H2,1-4H3/t15-,16-,17+,18-,19+,23+,24-,25+/m0/s1. The zero-order chi connectivity index (χ0) is 21.0. The molecule has 0 N–H and O–H groups in total. The highest BCUT2D eigenvalue weighted by atomic mass is 16.5. The summed E-state index contributed by atoms with van der Waals surface area (Å²) in [5.74, 6) is 2.26. The van der Waals surface area contributed by atoms with Crippen LogP contribution in [0, 0.1) is 46.3 Å². The number of carbonyl (C=O) groups is 3. The number of ether oxygens (including phenoxy) is 1. The van der Waals surface area contributed by atoms with E-state index in [2.05, 4.69) is 20.8 Å². The van der Waals surface area contributed by atoms with Crippen LogP contribution in [-0.2, 0) is 19.1 Å². The monoisotopic (exact) mass is 402 g/mol. The van der Waals surface area contributed by atoms with E-state index in [4.69, 9.17) is 4.74 Å². The lowest BCUT2D eigenvalue weighted by atomic mass is 9.44. The zero-order valence-electron chi connectivity index (χ0n) is 18.7. The second-order valence-electron chi connectivity index (χ2n) is 11.0. The highest BCUT2D eigenvalue weighted by Crippen LogP contribution is 2.66. The molecule has 0 heterocycles. The smallest absolute Gasteiger partial charge is 0.305 e. The van der Waals surface area contributed by atoms with E-state index in [1.807, 2.05) is 0 Å². The minimum absolute atomic E-state index is 0.0786. The van der Waals surface area contributed by atoms with Gasteiger partial charge in [-0.1, -0.05) is 33.6 Å². The molecule has 0 radical (unpaired) electrons. The average molecular weight is 403 g/mol. The fraction of sp³-hybridized carbons (Fsp3) is 0.880. The van der Waals surface area contributed by atoms with E-state index < -0.39 is 5.41 Å². The van der Waals surface area contributed by atoms with E-state index in [9.17, 15) is 14.4 Å². The maximum atomic E-state index is 13.7. The molecule has 0 spiro atoms. The van der Waals surface area contributed by atoms with Gasteiger partial charge in [0.2, 0.25) is 0 Å². The minimum atomic E-state index is -0.399. The molecular formula is C25H38O4. The summed E-state index contributed by atoms with van der Waals surface area (Å²) in [4.78, 5) is 38.7. The third kappa shape index (κ3) is 3.11. The minimum Gasteiger partial charge on any atom is -0.469 e. The van der Waals surface area contributed by atoms with Crippen molar-refractivity contribution in [3.8, 4) is 0 Å². The van der Waals surface area contributed by atoms with Crippen molar-refractivity contribution in [2.24, 2.45) is 46.3 Å². The zero-order valence-corrected chi connectivity index (χ0v) is 18.7. The van der Waals surface area contributed by atoms with Gasteiger partial charge in [-0.15, -0.1) is 0 Å². The van der Waals surface area contributed by atoms with Gasteiger partial charge in [0.15, 0.2) is 0 Å². The molecule has 4 heteroatoms. The summed E-state index contributed by atoms with van der Waals surface area (Å²) in [7, 11) is 1.43. The van der Waals surface area contributed by atoms with Gasteiger partial charge in [-0.05, 0) is 67.1 Å². The SMILES string of the molecule is COC(=O)CC[C@H](C)[C@H]1CC[C@H]2[C@H]3C(=O)C[C@@H]4CCCC[C@]4(C)[C@@H]3CC(=O)[C@]12C. The van der Waals surface area contributed by atoms with Crippen molar-refractivity contribution < 1.29 is 19.1 Å². The number of Topliss-reactive ketones (excluding diaryl/α,β-unsaturated/α-hetero) is 2. The molecule has 4 saturated carbocycles. The van der Waals surface area contributed by atoms with E-state index in [0.717, 1.165) is 32.1 Å². The molecule has 4 aliphatic carbocycles. The van der Waals surface area contributed by atoms with Gasteiger partial charge in [0, 0.05) is 30.6 Å². The Labute approximate surface area is 175 Å². The topological polar surface area (TPSA) is 60.4 Å². The van der Waals surface area contributed by atoms with Crippen LogP contribution in [0.2, 0.25) is 0 Å². The van der Waals surface area contributed by atoms with Gasteiger partial charge in [0.25, 0.3) is 0 Å². The summed E-state index contributed by atoms with van der Waals surface area (Å²) < 4.78 is 4.81. The van der Waals surface area contributed by atoms with Gasteiger partial charge in [-0.2, -0.15) is 0 Å². The fourth-order valence-electron chi connectivity index (χ4n) is 8.28. The third-order valence-electron chi connectivity index (χ3n) is 10.0. The van der Waals surface area contributed by atoms with Gasteiger partial charge in [0.05, 0.1) is 7.11 Å². The predicted octanol–water partition coefficient (Wildman–Crippen LogP) is 4.98. The number of hydrogen-bond acceptors (Lipinski definition) is 4. The van der Waals surface area contributed by atoms with Crippen LogP contribution in [0.1, 0.15) is 85.0 Å². The van der Waals surface area contributed by atoms with Crippen molar-refractivity contribution in [3.63, 3.8) is 0 Å². The van der Waals surface area contributed by atoms with Gasteiger partial charge in [-0.25, -0.2) is 0 Å². The molecule has 8 atom stereocenters. The van der Waals surface area contributed by atoms with E-state index in [-0.39, 0.29) is 35.1 Å². The number of carbonyl (C=O) groups excluding carboxylic acids is 3. The molecule has 0 bridgehead atoms. The Bertz CT molecular complexity index is 699. The van der Waals surface area contributed by atoms with Crippen molar-refractivity contribution in [2.75, 3.05) is 7.11 Å². The van der Waals surface area contributed by atoms with Crippen LogP contribution >= 0.6 is 0 Å². The molecule has 0 saturated heterocycles. The first-order valence-electron chi connectivity index (χ1n) is 11.9. The number of fused-ring (bicyclic) bond motifs is 5. The summed E-state index contributed by atoms with van der Waals surface area (Å²) in [6.07, 6.45) is 9.32. The Balaban J connectivity index is 1.60. The van der Waals surface area contributed by atoms with Gasteiger partial charge in [0.1, 0.15) is 11.6 Å². The molecule has 4 rings (SSSR count). The Kier molecular flexibility index (Phi) is 5.44. The molecular weight excluding hydrogens is 364 g/mol. The second-order valence-corrected chi connectivity index (χ2v) is 11.0. The number of hydrogen-bond donors (Lipinski definition) is 0. The van der Waals surface area contributed by atoms with E-state index in [1.165, 1.54) is 26.4 Å². The van der Waals surface area contributed by atoms with E-state index >= 15 is 0 Å². The highest BCUT2D eigenvalue weighted by Gasteiger charge is 2.65. The van der Waals surface area contributed by atoms with Crippen LogP contribution in [-0.4, -0.2) is 24.6 Å². The van der Waals surface area contributed by atoms with Crippen LogP contribution in [0.25, 0.3) is 0 Å². The van der Waals surface area contributed by atoms with Crippen LogP contribution in [0.5, 0.6) is 0 Å². The van der Waals surface area contributed by atoms with E-state index in [1.54, 1.807) is 0 Å². The first-order chi connectivity index (χ1) is 13.7. The molecule has 0 aliphatic heterocycles. The summed E-state index contributed by atoms with van der Waals surface area (Å²) in [6, 6.07) is 0. The molecule has 4 fully saturated rings. The Hall–Kier alpha value is -1.19. The maximum absolute atomic E-state index is 13.7. The van der Waals surface area contributed by atoms with Crippen LogP contribution < -0.4 is 0 Å². The fourth-order valence-corrected chi connectivity index (χ4v) is 8.28. The predicted molar refractivity (Wildman–Crippen MR) is 111 cm³/mol. The average Bonchev–Trinajstić information content (AvgIpc) is 3.05. The number of esters is 1. The summed E-state index contributed by atoms with van der Waals surface area (Å²) in [5, 5.41) is 0. The summed E-state index contributed by atoms with van der Waals surface area (Å²) in [5.41, 5.74) is -0.230. The number of rotatable bonds is 4. The summed E-state index contributed by atoms with van der Waals surface area (Å²) >= 11 is 0. The molecule has 4 nitrogen and oxygen atoms in total. The normalized spacial score (nSPS) is 45.2. The molecule has 4 aliphatic rings. The molecule has 0 unspecified atom stereocenters. The highest BCUT2D eigenvalue weighted by molar-refractivity contribution is 5.92. The lowest BCUT2D eigenvalue weighted by molar-refractivity contribution is -0.165. The molecule has 29 heavy (non-hydrogen) atoms. The summed E-state index contributed by atoms with van der Waals surface area (Å²) in [6.45, 7) is 6.73. The van der Waals surface area contributed by atoms with Gasteiger partial charge < -0.3 is 4.74 Å². The van der Waals surface area contributed by atoms with Gasteiger partial charge >= 0.3 is 5.97 Å². The van der Waals surface area contributed by atoms with Crippen molar-refractivity contribution in [2.45, 2.75) is 85.0 Å². The van der Waals surface area contributed by atoms with Crippen molar-refractivity contribution in [1.29, 1.82) is 0 Å².